The van der Waals surface area contributed by atoms with Crippen LogP contribution in [0.25, 0.3) is 0 Å². The number of carboxylic acid groups (broad SMARTS) is 1. The number of nitrogens with zero attached hydrogens (tertiary/aromatic N) is 4. The number of rotatable bonds is 13. The maximum absolute atomic E-state index is 13.2. The molecule has 4 amide bonds. The number of nitrogens with two attached hydrogens (primary N) is 1. The van der Waals surface area contributed by atoms with Gasteiger partial charge in [-0.25, -0.2) is 18.9 Å². The van der Waals surface area contributed by atoms with E-state index in [-0.39, 0.29) is 33.2 Å². The molecule has 2 aromatic heterocycles. The molecule has 3 heterocycles. The average Bonchev–Trinajstić information content (AvgIpc) is 3.34. The summed E-state index contributed by atoms with van der Waals surface area (Å²) >= 11 is 0.907. The number of urea groups is 1. The number of nitrogens with one attached hydrogen (secondary N) is 3. The summed E-state index contributed by atoms with van der Waals surface area (Å²) < 4.78 is 33.6. The standard InChI is InChI=1S/C22H28N8O12S2/c1-9(2)3-15(20(35)36)42-28-16(11-8-43-21(23)26-11)18(33)27-17-12(30(19(17)34)44(39,40)41)6-25-22(37)24-5-10-4-13(31)14(32)7-29(10)38/h4,7-9,12,15,17,32,38H,3,5-6H2,1-2H3,(H2,23,26)(H,27,33)(H,35,36)(H2,24,25,37)(H,39,40,41)/t12-,15+,17+/m1/s1. The molecule has 0 aliphatic carbocycles. The highest BCUT2D eigenvalue weighted by Gasteiger charge is 2.54. The lowest BCUT2D eigenvalue weighted by molar-refractivity contribution is -0.151. The number of hydrogen-bond acceptors (Lipinski definition) is 14. The number of amides is 4. The molecule has 22 heteroatoms. The van der Waals surface area contributed by atoms with Crippen LogP contribution in [0.5, 0.6) is 5.75 Å². The van der Waals surface area contributed by atoms with Crippen LogP contribution in [0.15, 0.2) is 27.6 Å². The van der Waals surface area contributed by atoms with Gasteiger partial charge in [-0.3, -0.25) is 18.9 Å². The third-order valence-electron chi connectivity index (χ3n) is 5.91. The summed E-state index contributed by atoms with van der Waals surface area (Å²) in [6.07, 6.45) is -0.730. The molecule has 2 aromatic rings. The number of carboxylic acids is 1. The highest BCUT2D eigenvalue weighted by atomic mass is 32.2. The summed E-state index contributed by atoms with van der Waals surface area (Å²) in [5, 5.41) is 40.1. The first-order valence-corrected chi connectivity index (χ1v) is 14.7. The van der Waals surface area contributed by atoms with Gasteiger partial charge in [-0.15, -0.1) is 11.3 Å². The predicted octanol–water partition coefficient (Wildman–Crippen LogP) is -1.95. The van der Waals surface area contributed by atoms with Crippen molar-refractivity contribution < 1.29 is 52.4 Å². The Morgan fingerprint density at radius 3 is 2.50 bits per heavy atom. The van der Waals surface area contributed by atoms with Crippen molar-refractivity contribution in [1.82, 2.24) is 30.0 Å². The fourth-order valence-electron chi connectivity index (χ4n) is 3.82. The number of thiazole rings is 1. The predicted molar refractivity (Wildman–Crippen MR) is 149 cm³/mol. The minimum atomic E-state index is -5.14. The van der Waals surface area contributed by atoms with E-state index in [1.807, 2.05) is 0 Å². The van der Waals surface area contributed by atoms with Gasteiger partial charge < -0.3 is 41.9 Å². The number of aromatic hydroxyl groups is 1. The van der Waals surface area contributed by atoms with Gasteiger partial charge in [-0.2, -0.15) is 13.1 Å². The van der Waals surface area contributed by atoms with Crippen molar-refractivity contribution in [3.63, 3.8) is 0 Å². The van der Waals surface area contributed by atoms with E-state index in [0.717, 1.165) is 17.4 Å². The van der Waals surface area contributed by atoms with Crippen LogP contribution in [0.3, 0.4) is 0 Å². The largest absolute Gasteiger partial charge is 0.503 e. The van der Waals surface area contributed by atoms with Crippen LogP contribution < -0.4 is 27.1 Å². The third kappa shape index (κ3) is 8.11. The number of pyridine rings is 1. The minimum absolute atomic E-state index is 0.00771. The van der Waals surface area contributed by atoms with Crippen LogP contribution in [-0.2, 0) is 36.1 Å². The molecule has 240 valence electrons. The Balaban J connectivity index is 1.76. The maximum atomic E-state index is 13.2. The fraction of sp³-hybridized carbons (Fsp3) is 0.409. The van der Waals surface area contributed by atoms with Crippen molar-refractivity contribution in [1.29, 1.82) is 0 Å². The zero-order chi connectivity index (χ0) is 32.9. The van der Waals surface area contributed by atoms with Crippen molar-refractivity contribution in [2.75, 3.05) is 12.3 Å². The molecule has 0 bridgehead atoms. The van der Waals surface area contributed by atoms with Gasteiger partial charge in [0.2, 0.25) is 11.5 Å². The van der Waals surface area contributed by atoms with Gasteiger partial charge in [0.25, 0.3) is 11.8 Å². The molecule has 1 fully saturated rings. The molecule has 0 aromatic carbocycles. The molecule has 3 atom stereocenters. The first-order chi connectivity index (χ1) is 20.5. The Hall–Kier alpha value is -4.96. The molecular weight excluding hydrogens is 632 g/mol. The second kappa shape index (κ2) is 13.6. The van der Waals surface area contributed by atoms with Gasteiger partial charge in [0, 0.05) is 24.4 Å². The number of aliphatic carboxylic acids is 1. The first-order valence-electron chi connectivity index (χ1n) is 12.4. The molecular formula is C22H28N8O12S2. The number of oxime groups is 1. The molecule has 0 unspecified atom stereocenters. The van der Waals surface area contributed by atoms with Crippen LogP contribution in [0.2, 0.25) is 0 Å². The number of nitrogen functional groups attached to an aromatic ring is 1. The highest BCUT2D eigenvalue weighted by molar-refractivity contribution is 7.84. The van der Waals surface area contributed by atoms with E-state index >= 15 is 0 Å². The Kier molecular flexibility index (Phi) is 10.3. The third-order valence-corrected chi connectivity index (χ3v) is 7.53. The van der Waals surface area contributed by atoms with Crippen molar-refractivity contribution in [3.8, 4) is 5.75 Å². The van der Waals surface area contributed by atoms with Crippen molar-refractivity contribution in [3.05, 3.63) is 39.3 Å². The second-order valence-electron chi connectivity index (χ2n) is 9.63. The Morgan fingerprint density at radius 2 is 1.93 bits per heavy atom. The van der Waals surface area contributed by atoms with E-state index < -0.39 is 82.3 Å². The number of carbonyl (C=O) groups excluding carboxylic acids is 3. The zero-order valence-electron chi connectivity index (χ0n) is 22.9. The summed E-state index contributed by atoms with van der Waals surface area (Å²) in [6.45, 7) is 2.38. The van der Waals surface area contributed by atoms with Crippen molar-refractivity contribution in [2.24, 2.45) is 11.1 Å². The average molecular weight is 661 g/mol. The monoisotopic (exact) mass is 660 g/mol. The van der Waals surface area contributed by atoms with E-state index in [0.29, 0.717) is 10.9 Å². The van der Waals surface area contributed by atoms with E-state index in [1.165, 1.54) is 5.38 Å². The second-order valence-corrected chi connectivity index (χ2v) is 11.8. The van der Waals surface area contributed by atoms with E-state index in [4.69, 9.17) is 10.6 Å². The van der Waals surface area contributed by atoms with Crippen LogP contribution in [-0.4, -0.2) is 96.7 Å². The van der Waals surface area contributed by atoms with Gasteiger partial charge >= 0.3 is 22.3 Å². The van der Waals surface area contributed by atoms with E-state index in [9.17, 15) is 52.4 Å². The summed E-state index contributed by atoms with van der Waals surface area (Å²) in [5.41, 5.74) is 3.91. The number of β-lactam (4-membered cyclic amide) rings is 1. The van der Waals surface area contributed by atoms with Crippen molar-refractivity contribution in [2.45, 2.75) is 45.0 Å². The Morgan fingerprint density at radius 1 is 1.25 bits per heavy atom. The van der Waals surface area contributed by atoms with Gasteiger partial charge in [0.15, 0.2) is 16.6 Å². The lowest BCUT2D eigenvalue weighted by Gasteiger charge is -2.44. The maximum Gasteiger partial charge on any atom is 0.362 e. The van der Waals surface area contributed by atoms with Crippen LogP contribution in [0.1, 0.15) is 31.7 Å². The van der Waals surface area contributed by atoms with Crippen LogP contribution in [0, 0.1) is 5.92 Å². The summed E-state index contributed by atoms with van der Waals surface area (Å²) in [7, 11) is -5.14. The molecule has 1 saturated heterocycles. The van der Waals surface area contributed by atoms with Gasteiger partial charge in [-0.1, -0.05) is 19.0 Å². The Bertz CT molecular complexity index is 1640. The minimum Gasteiger partial charge on any atom is -0.503 e. The normalized spacial score (nSPS) is 17.5. The molecule has 1 aliphatic rings. The van der Waals surface area contributed by atoms with E-state index in [2.05, 4.69) is 26.1 Å². The quantitative estimate of drug-likeness (QED) is 0.0381. The van der Waals surface area contributed by atoms with Crippen LogP contribution in [0.4, 0.5) is 9.93 Å². The molecule has 20 nitrogen and oxygen atoms in total. The Labute approximate surface area is 252 Å². The van der Waals surface area contributed by atoms with E-state index in [1.54, 1.807) is 13.8 Å². The molecule has 3 rings (SSSR count). The fourth-order valence-corrected chi connectivity index (χ4v) is 5.25. The SMILES string of the molecule is CC(C)C[C@H](ON=C(C(=O)N[C@@H]1C(=O)N(S(=O)(=O)O)[C@@H]1CNC(=O)NCc1cc(=O)c(O)cn1O)c1csc(N)n1)C(=O)O. The number of anilines is 1. The first kappa shape index (κ1) is 33.5. The smallest absolute Gasteiger partial charge is 0.362 e. The zero-order valence-corrected chi connectivity index (χ0v) is 24.5. The van der Waals surface area contributed by atoms with Crippen LogP contribution >= 0.6 is 11.3 Å². The molecule has 0 radical (unpaired) electrons. The summed E-state index contributed by atoms with van der Waals surface area (Å²) in [6, 6.07) is -3.33. The molecule has 9 N–H and O–H groups in total. The molecule has 0 spiro atoms. The summed E-state index contributed by atoms with van der Waals surface area (Å²) in [4.78, 5) is 70.3. The number of carbonyl (C=O) groups is 4. The van der Waals surface area contributed by atoms with Gasteiger partial charge in [-0.05, 0) is 5.92 Å². The number of aromatic nitrogens is 2. The molecule has 0 saturated carbocycles. The number of hydrogen-bond donors (Lipinski definition) is 8. The molecule has 1 aliphatic heterocycles. The lowest BCUT2D eigenvalue weighted by atomic mass is 9.98. The van der Waals surface area contributed by atoms with Gasteiger partial charge in [0.05, 0.1) is 24.5 Å². The topological polar surface area (TPSA) is 305 Å². The summed E-state index contributed by atoms with van der Waals surface area (Å²) in [5.74, 6) is -4.67. The lowest BCUT2D eigenvalue weighted by Crippen LogP contribution is -2.74. The molecule has 44 heavy (non-hydrogen) atoms. The van der Waals surface area contributed by atoms with Crippen molar-refractivity contribution >= 4 is 56.3 Å². The highest BCUT2D eigenvalue weighted by Crippen LogP contribution is 2.24. The van der Waals surface area contributed by atoms with Gasteiger partial charge in [0.1, 0.15) is 11.7 Å².